The van der Waals surface area contributed by atoms with Crippen LogP contribution in [0.2, 0.25) is 18.6 Å². The highest BCUT2D eigenvalue weighted by Crippen LogP contribution is 2.46. The van der Waals surface area contributed by atoms with Gasteiger partial charge in [0.1, 0.15) is 24.1 Å². The number of carbonyl (C=O) groups is 2. The van der Waals surface area contributed by atoms with Crippen LogP contribution in [-0.4, -0.2) is 120 Å². The molecule has 2 aromatic rings. The van der Waals surface area contributed by atoms with Crippen molar-refractivity contribution in [2.24, 2.45) is 5.92 Å². The molecule has 0 unspecified atom stereocenters. The normalized spacial score (nSPS) is 32.3. The predicted octanol–water partition coefficient (Wildman–Crippen LogP) is 1.13. The molecule has 3 aliphatic heterocycles. The van der Waals surface area contributed by atoms with Crippen molar-refractivity contribution in [3.8, 4) is 5.75 Å². The first-order valence-corrected chi connectivity index (χ1v) is 19.9. The van der Waals surface area contributed by atoms with Crippen LogP contribution in [0.1, 0.15) is 38.2 Å². The number of benzene rings is 2. The lowest BCUT2D eigenvalue weighted by atomic mass is 9.95. The number of carbonyl (C=O) groups excluding carboxylic acids is 2. The first kappa shape index (κ1) is 36.4. The maximum absolute atomic E-state index is 13.6. The predicted molar refractivity (Wildman–Crippen MR) is 180 cm³/mol. The van der Waals surface area contributed by atoms with E-state index < -0.39 is 44.7 Å². The van der Waals surface area contributed by atoms with Gasteiger partial charge in [0.25, 0.3) is 5.91 Å². The number of likely N-dealkylation sites (tertiary alicyclic amines) is 1. The zero-order valence-corrected chi connectivity index (χ0v) is 29.1. The van der Waals surface area contributed by atoms with E-state index in [1.165, 1.54) is 5.19 Å². The maximum atomic E-state index is 13.6. The summed E-state index contributed by atoms with van der Waals surface area (Å²) in [6, 6.07) is 15.4. The molecule has 3 aliphatic rings. The summed E-state index contributed by atoms with van der Waals surface area (Å²) < 4.78 is 17.2. The van der Waals surface area contributed by atoms with Crippen LogP contribution in [0.25, 0.3) is 0 Å². The molecule has 0 radical (unpaired) electrons. The van der Waals surface area contributed by atoms with E-state index in [0.717, 1.165) is 30.6 Å². The summed E-state index contributed by atoms with van der Waals surface area (Å²) in [7, 11) is -0.506. The minimum atomic E-state index is -2.16. The fourth-order valence-electron chi connectivity index (χ4n) is 7.84. The van der Waals surface area contributed by atoms with Gasteiger partial charge in [-0.25, -0.2) is 0 Å². The van der Waals surface area contributed by atoms with Gasteiger partial charge in [0.05, 0.1) is 46.5 Å². The molecule has 0 aromatic heterocycles. The van der Waals surface area contributed by atoms with Gasteiger partial charge in [-0.1, -0.05) is 49.5 Å². The molecule has 12 nitrogen and oxygen atoms in total. The molecule has 0 aliphatic carbocycles. The summed E-state index contributed by atoms with van der Waals surface area (Å²) >= 11 is 0. The number of hydrogen-bond donors (Lipinski definition) is 6. The van der Waals surface area contributed by atoms with Crippen LogP contribution < -0.4 is 15.2 Å². The number of hydrogen-bond acceptors (Lipinski definition) is 10. The summed E-state index contributed by atoms with van der Waals surface area (Å²) in [5.74, 6) is 0.278. The molecule has 3 saturated heterocycles. The van der Waals surface area contributed by atoms with Gasteiger partial charge in [0.2, 0.25) is 5.91 Å². The summed E-state index contributed by atoms with van der Waals surface area (Å²) in [6.45, 7) is 7.56. The number of nitrogens with zero attached hydrogens (tertiary/aromatic N) is 1. The molecular formula is C35H50N2O10Si. The topological polar surface area (TPSA) is 178 Å². The highest BCUT2D eigenvalue weighted by molar-refractivity contribution is 6.91. The van der Waals surface area contributed by atoms with Crippen molar-refractivity contribution in [1.29, 1.82) is 0 Å². The molecule has 6 N–H and O–H groups in total. The fourth-order valence-corrected chi connectivity index (χ4v) is 11.9. The third-order valence-electron chi connectivity index (χ3n) is 10.6. The van der Waals surface area contributed by atoms with E-state index in [0.29, 0.717) is 18.7 Å². The Morgan fingerprint density at radius 1 is 0.958 bits per heavy atom. The fraction of sp³-hybridized carbons (Fsp3) is 0.600. The van der Waals surface area contributed by atoms with Crippen LogP contribution in [0.5, 0.6) is 5.75 Å². The summed E-state index contributed by atoms with van der Waals surface area (Å²) in [5.41, 5.74) is 1.65. The Kier molecular flexibility index (Phi) is 11.6. The Balaban J connectivity index is 1.26. The third-order valence-corrected chi connectivity index (χ3v) is 15.0. The molecule has 0 spiro atoms. The Morgan fingerprint density at radius 2 is 1.65 bits per heavy atom. The molecule has 5 rings (SSSR count). The third kappa shape index (κ3) is 7.63. The lowest BCUT2D eigenvalue weighted by Crippen LogP contribution is -2.60. The van der Waals surface area contributed by atoms with E-state index in [1.54, 1.807) is 19.2 Å². The molecule has 48 heavy (non-hydrogen) atoms. The van der Waals surface area contributed by atoms with Gasteiger partial charge in [-0.05, 0) is 67.0 Å². The van der Waals surface area contributed by atoms with Gasteiger partial charge < -0.3 is 50.0 Å². The Hall–Kier alpha value is -2.88. The van der Waals surface area contributed by atoms with Gasteiger partial charge >= 0.3 is 0 Å². The zero-order chi connectivity index (χ0) is 34.7. The monoisotopic (exact) mass is 686 g/mol. The van der Waals surface area contributed by atoms with Crippen LogP contribution in [0.3, 0.4) is 0 Å². The number of nitrogens with one attached hydrogen (secondary N) is 1. The van der Waals surface area contributed by atoms with Gasteiger partial charge in [-0.3, -0.25) is 9.59 Å². The standard InChI is InChI=1S/C35H50N2O10Si/c1-20-26(16-9-21-7-10-22(11-8-21)36-34(43)32-30(41)29(40)31(42)35(44)47-32)46-27(18-28(39)37-17-5-6-23(37)19-38)33(20)48(3,4)25-14-12-24(45-2)13-15-25/h7-8,10-15,20,23,26-27,29-33,35,38,40-42,44H,5-6,9,16-19H2,1-4H3,(H,36,43)/t20-,23+,26+,27-,29+,30+,31-,32+,33+,35-/m1/s1. The minimum Gasteiger partial charge on any atom is -0.497 e. The molecule has 13 heteroatoms. The second-order valence-corrected chi connectivity index (χ2v) is 18.6. The van der Waals surface area contributed by atoms with Crippen molar-refractivity contribution in [3.63, 3.8) is 0 Å². The molecule has 0 bridgehead atoms. The SMILES string of the molecule is COc1ccc([Si](C)(C)[C@H]2[C@H](C)[C@H](CCc3ccc(NC(=O)[C@H]4O[C@@H](O)[C@H](O)[C@@H](O)[C@@H]4O)cc3)O[C@@H]2CC(=O)N2CCC[C@H]2CO)cc1. The number of anilines is 1. The highest BCUT2D eigenvalue weighted by atomic mass is 28.3. The lowest BCUT2D eigenvalue weighted by molar-refractivity contribution is -0.274. The van der Waals surface area contributed by atoms with E-state index in [1.807, 2.05) is 29.2 Å². The van der Waals surface area contributed by atoms with E-state index in [4.69, 9.17) is 14.2 Å². The number of methoxy groups -OCH3 is 1. The van der Waals surface area contributed by atoms with Crippen LogP contribution in [-0.2, 0) is 25.5 Å². The van der Waals surface area contributed by atoms with Crippen LogP contribution in [0, 0.1) is 5.92 Å². The largest absolute Gasteiger partial charge is 0.497 e. The number of amides is 2. The van der Waals surface area contributed by atoms with Crippen LogP contribution in [0.4, 0.5) is 5.69 Å². The highest BCUT2D eigenvalue weighted by Gasteiger charge is 2.51. The quantitative estimate of drug-likeness (QED) is 0.188. The smallest absolute Gasteiger partial charge is 0.256 e. The molecule has 2 amide bonds. The first-order valence-electron chi connectivity index (χ1n) is 16.8. The lowest BCUT2D eigenvalue weighted by Gasteiger charge is -2.37. The van der Waals surface area contributed by atoms with Crippen molar-refractivity contribution in [2.45, 2.75) is 107 Å². The van der Waals surface area contributed by atoms with Crippen LogP contribution in [0.15, 0.2) is 48.5 Å². The Morgan fingerprint density at radius 3 is 2.29 bits per heavy atom. The minimum absolute atomic E-state index is 0.0268. The van der Waals surface area contributed by atoms with Gasteiger partial charge in [0, 0.05) is 12.2 Å². The van der Waals surface area contributed by atoms with E-state index in [9.17, 15) is 35.1 Å². The van der Waals surface area contributed by atoms with E-state index >= 15 is 0 Å². The van der Waals surface area contributed by atoms with Crippen molar-refractivity contribution < 1.29 is 49.3 Å². The molecule has 2 aromatic carbocycles. The zero-order valence-electron chi connectivity index (χ0n) is 28.1. The molecule has 3 fully saturated rings. The second kappa shape index (κ2) is 15.3. The van der Waals surface area contributed by atoms with Crippen molar-refractivity contribution in [1.82, 2.24) is 4.90 Å². The van der Waals surface area contributed by atoms with Gasteiger partial charge in [0.15, 0.2) is 12.4 Å². The Labute approximate surface area is 282 Å². The van der Waals surface area contributed by atoms with Crippen molar-refractivity contribution >= 4 is 30.8 Å². The molecule has 0 saturated carbocycles. The van der Waals surface area contributed by atoms with Crippen molar-refractivity contribution in [2.75, 3.05) is 25.6 Å². The molecular weight excluding hydrogens is 636 g/mol. The average Bonchev–Trinajstić information content (AvgIpc) is 3.69. The number of aliphatic hydroxyl groups excluding tert-OH is 5. The van der Waals surface area contributed by atoms with Crippen LogP contribution >= 0.6 is 0 Å². The van der Waals surface area contributed by atoms with Gasteiger partial charge in [-0.2, -0.15) is 0 Å². The molecule has 264 valence electrons. The first-order chi connectivity index (χ1) is 22.8. The summed E-state index contributed by atoms with van der Waals surface area (Å²) in [6.07, 6.45) is -5.38. The number of ether oxygens (including phenoxy) is 3. The molecule has 3 heterocycles. The number of aryl methyl sites for hydroxylation is 1. The molecule has 10 atom stereocenters. The van der Waals surface area contributed by atoms with E-state index in [2.05, 4.69) is 37.5 Å². The van der Waals surface area contributed by atoms with Crippen molar-refractivity contribution in [3.05, 3.63) is 54.1 Å². The number of aliphatic hydroxyl groups is 5. The summed E-state index contributed by atoms with van der Waals surface area (Å²) in [4.78, 5) is 28.1. The summed E-state index contributed by atoms with van der Waals surface area (Å²) in [5, 5.41) is 53.3. The second-order valence-electron chi connectivity index (χ2n) is 14.0. The number of rotatable bonds is 11. The maximum Gasteiger partial charge on any atom is 0.256 e. The Bertz CT molecular complexity index is 1390. The van der Waals surface area contributed by atoms with Gasteiger partial charge in [-0.15, -0.1) is 0 Å². The average molecular weight is 687 g/mol. The van der Waals surface area contributed by atoms with E-state index in [-0.39, 0.29) is 48.6 Å².